The number of hydrogen-bond donors (Lipinski definition) is 1. The van der Waals surface area contributed by atoms with Crippen LogP contribution in [0.25, 0.3) is 0 Å². The average Bonchev–Trinajstić information content (AvgIpc) is 2.22. The van der Waals surface area contributed by atoms with Gasteiger partial charge >= 0.3 is 0 Å². The summed E-state index contributed by atoms with van der Waals surface area (Å²) in [5.41, 5.74) is 0. The maximum atomic E-state index is 11.5. The van der Waals surface area contributed by atoms with Crippen molar-refractivity contribution in [3.05, 3.63) is 0 Å². The number of nitriles is 1. The van der Waals surface area contributed by atoms with Crippen molar-refractivity contribution in [2.24, 2.45) is 0 Å². The predicted octanol–water partition coefficient (Wildman–Crippen LogP) is 1.14. The highest BCUT2D eigenvalue weighted by Crippen LogP contribution is 1.96. The Morgan fingerprint density at radius 3 is 2.53 bits per heavy atom. The first kappa shape index (κ1) is 13.9. The fourth-order valence-electron chi connectivity index (χ4n) is 1.33. The fraction of sp³-hybridized carbons (Fsp3) is 0.818. The second kappa shape index (κ2) is 8.25. The van der Waals surface area contributed by atoms with E-state index in [1.54, 1.807) is 0 Å². The molecule has 0 fully saturated rings. The lowest BCUT2D eigenvalue weighted by Crippen LogP contribution is -2.40. The maximum absolute atomic E-state index is 11.5. The lowest BCUT2D eigenvalue weighted by molar-refractivity contribution is -0.122. The van der Waals surface area contributed by atoms with Crippen LogP contribution in [0.5, 0.6) is 0 Å². The van der Waals surface area contributed by atoms with Crippen LogP contribution in [-0.2, 0) is 4.79 Å². The van der Waals surface area contributed by atoms with E-state index in [0.717, 1.165) is 12.8 Å². The van der Waals surface area contributed by atoms with Crippen LogP contribution < -0.4 is 5.32 Å². The third-order valence-corrected chi connectivity index (χ3v) is 2.37. The number of amides is 1. The second-order valence-corrected chi connectivity index (χ2v) is 3.73. The topological polar surface area (TPSA) is 56.1 Å². The normalized spacial score (nSPS) is 10.4. The van der Waals surface area contributed by atoms with Crippen molar-refractivity contribution in [1.29, 1.82) is 5.26 Å². The Bertz CT molecular complexity index is 218. The zero-order valence-electron chi connectivity index (χ0n) is 9.92. The molecule has 0 aliphatic heterocycles. The molecule has 15 heavy (non-hydrogen) atoms. The van der Waals surface area contributed by atoms with Crippen molar-refractivity contribution in [3.63, 3.8) is 0 Å². The first-order valence-electron chi connectivity index (χ1n) is 5.48. The van der Waals surface area contributed by atoms with Gasteiger partial charge in [-0.3, -0.25) is 9.69 Å². The summed E-state index contributed by atoms with van der Waals surface area (Å²) in [6.07, 6.45) is 2.39. The molecule has 1 amide bonds. The minimum Gasteiger partial charge on any atom is -0.352 e. The predicted molar refractivity (Wildman–Crippen MR) is 60.2 cm³/mol. The van der Waals surface area contributed by atoms with Gasteiger partial charge in [0.1, 0.15) is 0 Å². The van der Waals surface area contributed by atoms with Gasteiger partial charge in [0, 0.05) is 19.0 Å². The molecule has 0 aliphatic rings. The van der Waals surface area contributed by atoms with E-state index in [4.69, 9.17) is 5.26 Å². The molecule has 1 N–H and O–H groups in total. The largest absolute Gasteiger partial charge is 0.352 e. The van der Waals surface area contributed by atoms with Gasteiger partial charge in [-0.25, -0.2) is 0 Å². The minimum absolute atomic E-state index is 0.0455. The molecule has 0 heterocycles. The number of rotatable bonds is 7. The van der Waals surface area contributed by atoms with Gasteiger partial charge in [-0.2, -0.15) is 5.26 Å². The number of carbonyl (C=O) groups is 1. The van der Waals surface area contributed by atoms with Crippen molar-refractivity contribution in [2.75, 3.05) is 20.1 Å². The summed E-state index contributed by atoms with van der Waals surface area (Å²) in [6.45, 7) is 5.15. The van der Waals surface area contributed by atoms with Gasteiger partial charge in [0.15, 0.2) is 0 Å². The average molecular weight is 211 g/mol. The smallest absolute Gasteiger partial charge is 0.234 e. The van der Waals surface area contributed by atoms with E-state index >= 15 is 0 Å². The summed E-state index contributed by atoms with van der Waals surface area (Å²) in [5, 5.41) is 11.4. The molecule has 0 aromatic rings. The van der Waals surface area contributed by atoms with Gasteiger partial charge in [-0.1, -0.05) is 13.8 Å². The van der Waals surface area contributed by atoms with Crippen LogP contribution in [0.2, 0.25) is 0 Å². The zero-order chi connectivity index (χ0) is 11.7. The van der Waals surface area contributed by atoms with Crippen LogP contribution in [0, 0.1) is 11.3 Å². The lowest BCUT2D eigenvalue weighted by Gasteiger charge is -2.18. The van der Waals surface area contributed by atoms with Gasteiger partial charge in [-0.15, -0.1) is 0 Å². The molecule has 86 valence electrons. The first-order valence-corrected chi connectivity index (χ1v) is 5.48. The summed E-state index contributed by atoms with van der Waals surface area (Å²) >= 11 is 0. The Kier molecular flexibility index (Phi) is 7.65. The Labute approximate surface area is 92.3 Å². The molecule has 0 atom stereocenters. The number of hydrogen-bond acceptors (Lipinski definition) is 3. The third kappa shape index (κ3) is 6.92. The van der Waals surface area contributed by atoms with Crippen molar-refractivity contribution >= 4 is 5.91 Å². The van der Waals surface area contributed by atoms with E-state index < -0.39 is 0 Å². The Balaban J connectivity index is 3.77. The van der Waals surface area contributed by atoms with Crippen LogP contribution in [-0.4, -0.2) is 37.0 Å². The fourth-order valence-corrected chi connectivity index (χ4v) is 1.33. The van der Waals surface area contributed by atoms with Gasteiger partial charge in [0.25, 0.3) is 0 Å². The molecule has 4 heteroatoms. The summed E-state index contributed by atoms with van der Waals surface area (Å²) in [4.78, 5) is 13.4. The lowest BCUT2D eigenvalue weighted by atomic mass is 10.2. The molecule has 0 saturated heterocycles. The molecule has 0 aromatic heterocycles. The maximum Gasteiger partial charge on any atom is 0.234 e. The highest BCUT2D eigenvalue weighted by molar-refractivity contribution is 5.78. The molecule has 0 radical (unpaired) electrons. The molecule has 0 bridgehead atoms. The van der Waals surface area contributed by atoms with Crippen LogP contribution in [0.4, 0.5) is 0 Å². The third-order valence-electron chi connectivity index (χ3n) is 2.37. The van der Waals surface area contributed by atoms with Crippen LogP contribution in [0.15, 0.2) is 0 Å². The van der Waals surface area contributed by atoms with E-state index in [9.17, 15) is 4.79 Å². The highest BCUT2D eigenvalue weighted by Gasteiger charge is 2.10. The quantitative estimate of drug-likeness (QED) is 0.687. The SMILES string of the molecule is CCC(CC)NC(=O)CN(C)CCC#N. The second-order valence-electron chi connectivity index (χ2n) is 3.73. The van der Waals surface area contributed by atoms with Crippen molar-refractivity contribution in [3.8, 4) is 6.07 Å². The molecule has 0 rings (SSSR count). The van der Waals surface area contributed by atoms with E-state index in [1.165, 1.54) is 0 Å². The molecule has 0 unspecified atom stereocenters. The molecule has 0 spiro atoms. The summed E-state index contributed by atoms with van der Waals surface area (Å²) in [7, 11) is 1.85. The van der Waals surface area contributed by atoms with Crippen molar-refractivity contribution in [2.45, 2.75) is 39.2 Å². The minimum atomic E-state index is 0.0455. The van der Waals surface area contributed by atoms with Crippen molar-refractivity contribution in [1.82, 2.24) is 10.2 Å². The molecule has 4 nitrogen and oxygen atoms in total. The van der Waals surface area contributed by atoms with Crippen molar-refractivity contribution < 1.29 is 4.79 Å². The molecule has 0 aromatic carbocycles. The van der Waals surface area contributed by atoms with E-state index in [-0.39, 0.29) is 11.9 Å². The van der Waals surface area contributed by atoms with E-state index in [1.807, 2.05) is 11.9 Å². The molecular formula is C11H21N3O. The number of carbonyl (C=O) groups excluding carboxylic acids is 1. The summed E-state index contributed by atoms with van der Waals surface area (Å²) < 4.78 is 0. The monoisotopic (exact) mass is 211 g/mol. The molecule has 0 saturated carbocycles. The highest BCUT2D eigenvalue weighted by atomic mass is 16.2. The molecule has 0 aliphatic carbocycles. The number of nitrogens with one attached hydrogen (secondary N) is 1. The standard InChI is InChI=1S/C11H21N3O/c1-4-10(5-2)13-11(15)9-14(3)8-6-7-12/h10H,4-6,8-9H2,1-3H3,(H,13,15). The Morgan fingerprint density at radius 1 is 1.47 bits per heavy atom. The Hall–Kier alpha value is -1.08. The summed E-state index contributed by atoms with van der Waals surface area (Å²) in [6, 6.07) is 2.34. The Morgan fingerprint density at radius 2 is 2.07 bits per heavy atom. The van der Waals surface area contributed by atoms with Crippen LogP contribution in [0.3, 0.4) is 0 Å². The number of nitrogens with zero attached hydrogens (tertiary/aromatic N) is 2. The van der Waals surface area contributed by atoms with E-state index in [2.05, 4.69) is 25.2 Å². The van der Waals surface area contributed by atoms with Gasteiger partial charge in [0.2, 0.25) is 5.91 Å². The molecular weight excluding hydrogens is 190 g/mol. The van der Waals surface area contributed by atoms with Gasteiger partial charge in [-0.05, 0) is 19.9 Å². The van der Waals surface area contributed by atoms with Crippen LogP contribution in [0.1, 0.15) is 33.1 Å². The number of likely N-dealkylation sites (N-methyl/N-ethyl adjacent to an activating group) is 1. The zero-order valence-corrected chi connectivity index (χ0v) is 9.92. The van der Waals surface area contributed by atoms with Gasteiger partial charge in [0.05, 0.1) is 12.6 Å². The summed E-state index contributed by atoms with van der Waals surface area (Å²) in [5.74, 6) is 0.0455. The van der Waals surface area contributed by atoms with E-state index in [0.29, 0.717) is 19.5 Å². The van der Waals surface area contributed by atoms with Crippen LogP contribution >= 0.6 is 0 Å². The van der Waals surface area contributed by atoms with Gasteiger partial charge < -0.3 is 5.32 Å². The first-order chi connectivity index (χ1) is 7.13.